The molecule has 1 N–H and O–H groups in total. The Hall–Kier alpha value is -2.98. The van der Waals surface area contributed by atoms with E-state index in [2.05, 4.69) is 11.6 Å². The smallest absolute Gasteiger partial charge is 0.416 e. The molecule has 10 heteroatoms. The van der Waals surface area contributed by atoms with Gasteiger partial charge < -0.3 is 14.3 Å². The van der Waals surface area contributed by atoms with Crippen LogP contribution in [0.15, 0.2) is 67.4 Å². The van der Waals surface area contributed by atoms with Crippen LogP contribution in [0.25, 0.3) is 10.9 Å². The number of aromatic nitrogens is 1. The predicted molar refractivity (Wildman–Crippen MR) is 127 cm³/mol. The van der Waals surface area contributed by atoms with Gasteiger partial charge in [0.15, 0.2) is 0 Å². The van der Waals surface area contributed by atoms with Crippen LogP contribution in [0.4, 0.5) is 26.3 Å². The minimum absolute atomic E-state index is 0. The monoisotopic (exact) mass is 540 g/mol. The second kappa shape index (κ2) is 9.96. The lowest BCUT2D eigenvalue weighted by molar-refractivity contribution is -0.984. The molecule has 3 aromatic rings. The maximum Gasteiger partial charge on any atom is 0.416 e. The van der Waals surface area contributed by atoms with Gasteiger partial charge in [-0.25, -0.2) is 0 Å². The van der Waals surface area contributed by atoms with Crippen molar-refractivity contribution in [3.8, 4) is 0 Å². The van der Waals surface area contributed by atoms with Crippen molar-refractivity contribution in [1.29, 1.82) is 0 Å². The summed E-state index contributed by atoms with van der Waals surface area (Å²) in [4.78, 5) is 4.35. The molecule has 2 bridgehead atoms. The first-order valence-corrected chi connectivity index (χ1v) is 12.2. The topological polar surface area (TPSA) is 33.1 Å². The molecule has 3 nitrogen and oxygen atoms in total. The van der Waals surface area contributed by atoms with Crippen molar-refractivity contribution in [2.24, 2.45) is 11.8 Å². The molecule has 3 aliphatic heterocycles. The molecule has 0 saturated carbocycles. The quantitative estimate of drug-likeness (QED) is 0.303. The molecule has 3 saturated heterocycles. The fourth-order valence-electron chi connectivity index (χ4n) is 6.44. The summed E-state index contributed by atoms with van der Waals surface area (Å²) < 4.78 is 81.6. The highest BCUT2D eigenvalue weighted by Crippen LogP contribution is 2.48. The van der Waals surface area contributed by atoms with E-state index >= 15 is 0 Å². The maximum atomic E-state index is 13.6. The number of hydrogen-bond donors (Lipinski definition) is 1. The zero-order chi connectivity index (χ0) is 26.6. The standard InChI is InChI=1S/C28H27F6N2O.FH/c1-2-18-16-36(15-17-11-20(27(29,30)31)14-21(12-17)28(32,33)34)10-8-19(18)13-25(36)26(37)23-7-9-35-24-6-4-3-5-22(23)24;/h2-7,9,11-12,14,18-19,25-26,37H,1,8,10,13,15-16H2;1H/q+1;/p-1/t18-,19+,25-,26+,36-;/m1./s1. The fourth-order valence-corrected chi connectivity index (χ4v) is 6.44. The van der Waals surface area contributed by atoms with Crippen molar-refractivity contribution in [3.05, 3.63) is 89.6 Å². The Morgan fingerprint density at radius 2 is 1.68 bits per heavy atom. The van der Waals surface area contributed by atoms with Crippen LogP contribution in [-0.4, -0.2) is 33.7 Å². The first-order valence-electron chi connectivity index (χ1n) is 12.2. The van der Waals surface area contributed by atoms with Gasteiger partial charge in [-0.05, 0) is 41.8 Å². The molecule has 0 unspecified atom stereocenters. The highest BCUT2D eigenvalue weighted by molar-refractivity contribution is 5.82. The Morgan fingerprint density at radius 3 is 2.32 bits per heavy atom. The van der Waals surface area contributed by atoms with Crippen LogP contribution in [0, 0.1) is 11.8 Å². The summed E-state index contributed by atoms with van der Waals surface area (Å²) in [5.74, 6) is 0.316. The number of aliphatic hydroxyl groups excluding tert-OH is 1. The second-order valence-corrected chi connectivity index (χ2v) is 10.3. The predicted octanol–water partition coefficient (Wildman–Crippen LogP) is 3.92. The number of hydrogen-bond acceptors (Lipinski definition) is 2. The number of piperidine rings is 3. The normalized spacial score (nSPS) is 26.1. The van der Waals surface area contributed by atoms with Gasteiger partial charge in [-0.2, -0.15) is 26.3 Å². The summed E-state index contributed by atoms with van der Waals surface area (Å²) in [6, 6.07) is 10.5. The molecule has 0 aliphatic carbocycles. The number of aliphatic hydroxyl groups is 1. The number of fused-ring (bicyclic) bond motifs is 4. The lowest BCUT2D eigenvalue weighted by Crippen LogP contribution is -3.00. The largest absolute Gasteiger partial charge is 1.00 e. The lowest BCUT2D eigenvalue weighted by Gasteiger charge is -2.58. The summed E-state index contributed by atoms with van der Waals surface area (Å²) >= 11 is 0. The Labute approximate surface area is 215 Å². The Balaban J connectivity index is 0.00000336. The third-order valence-corrected chi connectivity index (χ3v) is 8.19. The van der Waals surface area contributed by atoms with E-state index in [1.165, 1.54) is 0 Å². The molecule has 3 fully saturated rings. The zero-order valence-corrected chi connectivity index (χ0v) is 20.3. The van der Waals surface area contributed by atoms with Crippen molar-refractivity contribution in [2.75, 3.05) is 13.1 Å². The molecule has 0 spiro atoms. The number of pyridine rings is 1. The van der Waals surface area contributed by atoms with E-state index in [4.69, 9.17) is 0 Å². The van der Waals surface area contributed by atoms with E-state index in [1.54, 1.807) is 12.3 Å². The van der Waals surface area contributed by atoms with Gasteiger partial charge >= 0.3 is 12.4 Å². The van der Waals surface area contributed by atoms with Gasteiger partial charge in [0.25, 0.3) is 0 Å². The van der Waals surface area contributed by atoms with Crippen LogP contribution in [0.2, 0.25) is 0 Å². The molecule has 0 radical (unpaired) electrons. The molecule has 38 heavy (non-hydrogen) atoms. The number of para-hydroxylation sites is 1. The average molecular weight is 541 g/mol. The molecule has 204 valence electrons. The maximum absolute atomic E-state index is 13.6. The van der Waals surface area contributed by atoms with Crippen LogP contribution in [0.1, 0.15) is 41.2 Å². The van der Waals surface area contributed by atoms with E-state index < -0.39 is 35.6 Å². The number of quaternary nitrogens is 1. The van der Waals surface area contributed by atoms with Gasteiger partial charge in [0.05, 0.1) is 29.7 Å². The molecular weight excluding hydrogens is 513 g/mol. The van der Waals surface area contributed by atoms with Gasteiger partial charge in [-0.15, -0.1) is 6.58 Å². The fraction of sp³-hybridized carbons (Fsp3) is 0.393. The number of halogens is 7. The van der Waals surface area contributed by atoms with Crippen LogP contribution in [-0.2, 0) is 18.9 Å². The van der Waals surface area contributed by atoms with Crippen molar-refractivity contribution >= 4 is 10.9 Å². The van der Waals surface area contributed by atoms with E-state index in [-0.39, 0.29) is 39.2 Å². The highest BCUT2D eigenvalue weighted by Gasteiger charge is 2.54. The molecule has 1 aromatic heterocycles. The van der Waals surface area contributed by atoms with Crippen molar-refractivity contribution < 1.29 is 40.6 Å². The zero-order valence-electron chi connectivity index (χ0n) is 20.3. The first-order chi connectivity index (χ1) is 17.4. The summed E-state index contributed by atoms with van der Waals surface area (Å²) in [7, 11) is 0. The minimum Gasteiger partial charge on any atom is -1.00 e. The Morgan fingerprint density at radius 1 is 1.03 bits per heavy atom. The second-order valence-electron chi connectivity index (χ2n) is 10.3. The molecule has 0 amide bonds. The van der Waals surface area contributed by atoms with Gasteiger partial charge in [-0.1, -0.05) is 24.3 Å². The van der Waals surface area contributed by atoms with Gasteiger partial charge in [0, 0.05) is 35.9 Å². The molecule has 3 aliphatic rings. The lowest BCUT2D eigenvalue weighted by atomic mass is 9.71. The van der Waals surface area contributed by atoms with Crippen molar-refractivity contribution in [2.45, 2.75) is 43.9 Å². The van der Waals surface area contributed by atoms with Crippen LogP contribution in [0.5, 0.6) is 0 Å². The molecule has 2 aromatic carbocycles. The Kier molecular flexibility index (Phi) is 7.35. The van der Waals surface area contributed by atoms with E-state index in [9.17, 15) is 31.4 Å². The van der Waals surface area contributed by atoms with E-state index in [1.807, 2.05) is 30.3 Å². The Bertz CT molecular complexity index is 1290. The molecule has 6 rings (SSSR count). The summed E-state index contributed by atoms with van der Waals surface area (Å²) in [5, 5.41) is 12.5. The van der Waals surface area contributed by atoms with Crippen LogP contribution in [0.3, 0.4) is 0 Å². The molecular formula is C28H27F7N2O. The molecule has 5 atom stereocenters. The number of rotatable bonds is 5. The summed E-state index contributed by atoms with van der Waals surface area (Å²) in [6.07, 6.45) is -5.99. The van der Waals surface area contributed by atoms with Gasteiger partial charge in [0.1, 0.15) is 18.7 Å². The third-order valence-electron chi connectivity index (χ3n) is 8.19. The average Bonchev–Trinajstić information content (AvgIpc) is 2.86. The van der Waals surface area contributed by atoms with Crippen molar-refractivity contribution in [3.63, 3.8) is 0 Å². The minimum atomic E-state index is -4.91. The summed E-state index contributed by atoms with van der Waals surface area (Å²) in [6.45, 7) is 4.93. The van der Waals surface area contributed by atoms with E-state index in [0.717, 1.165) is 23.9 Å². The third kappa shape index (κ3) is 5.03. The van der Waals surface area contributed by atoms with Crippen LogP contribution >= 0.6 is 0 Å². The number of benzene rings is 2. The van der Waals surface area contributed by atoms with E-state index in [0.29, 0.717) is 30.6 Å². The highest BCUT2D eigenvalue weighted by atomic mass is 19.4. The number of nitrogens with zero attached hydrogens (tertiary/aromatic N) is 2. The van der Waals surface area contributed by atoms with Gasteiger partial charge in [-0.3, -0.25) is 4.98 Å². The number of alkyl halides is 6. The van der Waals surface area contributed by atoms with Crippen molar-refractivity contribution in [1.82, 2.24) is 4.98 Å². The van der Waals surface area contributed by atoms with Gasteiger partial charge in [0.2, 0.25) is 0 Å². The molecule has 4 heterocycles. The van der Waals surface area contributed by atoms with Crippen LogP contribution < -0.4 is 4.70 Å². The first kappa shape index (κ1) is 28.0. The SMILES string of the molecule is C=C[C@@H]1C[N@+]2(Cc3cc(C(F)(F)F)cc(C(F)(F)F)c3)CC[C@H]1C[C@@H]2[C@@H](O)c1ccnc2ccccc12.[F-]. The summed E-state index contributed by atoms with van der Waals surface area (Å²) in [5.41, 5.74) is -1.31.